The lowest BCUT2D eigenvalue weighted by atomic mass is 10.1. The van der Waals surface area contributed by atoms with Gasteiger partial charge in [0.15, 0.2) is 0 Å². The number of benzene rings is 2. The summed E-state index contributed by atoms with van der Waals surface area (Å²) >= 11 is 0. The molecule has 1 heterocycles. The second-order valence-electron chi connectivity index (χ2n) is 5.24. The van der Waals surface area contributed by atoms with Crippen LogP contribution in [-0.4, -0.2) is 4.98 Å². The van der Waals surface area contributed by atoms with Gasteiger partial charge in [-0.05, 0) is 37.1 Å². The van der Waals surface area contributed by atoms with E-state index in [2.05, 4.69) is 4.98 Å². The van der Waals surface area contributed by atoms with Gasteiger partial charge >= 0.3 is 0 Å². The normalized spacial score (nSPS) is 10.8. The van der Waals surface area contributed by atoms with Gasteiger partial charge in [0.25, 0.3) is 0 Å². The molecule has 2 aromatic carbocycles. The van der Waals surface area contributed by atoms with Gasteiger partial charge < -0.3 is 10.5 Å². The SMILES string of the molecule is Cc1cccc(C)c1OCc1cc2ccccc2nc1N. The first-order valence-electron chi connectivity index (χ1n) is 6.98. The van der Waals surface area contributed by atoms with E-state index >= 15 is 0 Å². The number of nitrogens with two attached hydrogens (primary N) is 1. The molecule has 0 bridgehead atoms. The monoisotopic (exact) mass is 278 g/mol. The summed E-state index contributed by atoms with van der Waals surface area (Å²) in [5.74, 6) is 1.45. The van der Waals surface area contributed by atoms with Crippen molar-refractivity contribution in [1.29, 1.82) is 0 Å². The Hall–Kier alpha value is -2.55. The number of nitrogens with zero attached hydrogens (tertiary/aromatic N) is 1. The number of ether oxygens (including phenoxy) is 1. The molecule has 3 aromatic rings. The van der Waals surface area contributed by atoms with E-state index in [9.17, 15) is 0 Å². The van der Waals surface area contributed by atoms with Gasteiger partial charge in [-0.25, -0.2) is 4.98 Å². The molecule has 0 aliphatic rings. The van der Waals surface area contributed by atoms with E-state index in [1.165, 1.54) is 0 Å². The van der Waals surface area contributed by atoms with Gasteiger partial charge in [-0.3, -0.25) is 0 Å². The molecule has 3 heteroatoms. The Morgan fingerprint density at radius 3 is 2.48 bits per heavy atom. The van der Waals surface area contributed by atoms with Gasteiger partial charge in [-0.2, -0.15) is 0 Å². The van der Waals surface area contributed by atoms with E-state index in [0.29, 0.717) is 12.4 Å². The van der Waals surface area contributed by atoms with Gasteiger partial charge in [0, 0.05) is 10.9 Å². The van der Waals surface area contributed by atoms with Crippen LogP contribution in [0.5, 0.6) is 5.75 Å². The fourth-order valence-electron chi connectivity index (χ4n) is 2.47. The maximum absolute atomic E-state index is 6.04. The van der Waals surface area contributed by atoms with Crippen molar-refractivity contribution in [3.63, 3.8) is 0 Å². The quantitative estimate of drug-likeness (QED) is 0.787. The maximum atomic E-state index is 6.04. The van der Waals surface area contributed by atoms with Crippen LogP contribution in [0, 0.1) is 13.8 Å². The summed E-state index contributed by atoms with van der Waals surface area (Å²) in [6.07, 6.45) is 0. The van der Waals surface area contributed by atoms with Crippen molar-refractivity contribution in [2.75, 3.05) is 5.73 Å². The van der Waals surface area contributed by atoms with Crippen molar-refractivity contribution in [3.05, 3.63) is 65.2 Å². The molecule has 106 valence electrons. The molecule has 0 atom stereocenters. The first-order chi connectivity index (χ1) is 10.1. The van der Waals surface area contributed by atoms with E-state index in [1.54, 1.807) is 0 Å². The molecule has 21 heavy (non-hydrogen) atoms. The predicted molar refractivity (Wildman–Crippen MR) is 86.4 cm³/mol. The molecular formula is C18H18N2O. The maximum Gasteiger partial charge on any atom is 0.130 e. The van der Waals surface area contributed by atoms with Gasteiger partial charge in [0.1, 0.15) is 18.2 Å². The zero-order valence-electron chi connectivity index (χ0n) is 12.3. The number of aromatic nitrogens is 1. The Kier molecular flexibility index (Phi) is 3.48. The molecule has 3 nitrogen and oxygen atoms in total. The summed E-state index contributed by atoms with van der Waals surface area (Å²) in [5.41, 5.74) is 10.1. The topological polar surface area (TPSA) is 48.1 Å². The molecule has 2 N–H and O–H groups in total. The number of pyridine rings is 1. The third-order valence-electron chi connectivity index (χ3n) is 3.62. The highest BCUT2D eigenvalue weighted by molar-refractivity contribution is 5.81. The van der Waals surface area contributed by atoms with Crippen LogP contribution < -0.4 is 10.5 Å². The summed E-state index contributed by atoms with van der Waals surface area (Å²) < 4.78 is 5.96. The van der Waals surface area contributed by atoms with Crippen LogP contribution in [0.25, 0.3) is 10.9 Å². The first-order valence-corrected chi connectivity index (χ1v) is 6.98. The molecule has 0 saturated carbocycles. The fourth-order valence-corrected chi connectivity index (χ4v) is 2.47. The van der Waals surface area contributed by atoms with Crippen LogP contribution in [0.15, 0.2) is 48.5 Å². The minimum Gasteiger partial charge on any atom is -0.488 e. The Bertz CT molecular complexity index is 776. The Morgan fingerprint density at radius 2 is 1.71 bits per heavy atom. The van der Waals surface area contributed by atoms with Gasteiger partial charge in [-0.1, -0.05) is 36.4 Å². The Labute approximate surface area is 124 Å². The second-order valence-corrected chi connectivity index (χ2v) is 5.24. The lowest BCUT2D eigenvalue weighted by molar-refractivity contribution is 0.302. The van der Waals surface area contributed by atoms with Crippen LogP contribution in [0.1, 0.15) is 16.7 Å². The highest BCUT2D eigenvalue weighted by Crippen LogP contribution is 2.25. The second kappa shape index (κ2) is 5.44. The highest BCUT2D eigenvalue weighted by atomic mass is 16.5. The van der Waals surface area contributed by atoms with Crippen LogP contribution in [0.4, 0.5) is 5.82 Å². The zero-order chi connectivity index (χ0) is 14.8. The van der Waals surface area contributed by atoms with Crippen molar-refractivity contribution in [2.24, 2.45) is 0 Å². The van der Waals surface area contributed by atoms with E-state index in [4.69, 9.17) is 10.5 Å². The van der Waals surface area contributed by atoms with E-state index in [-0.39, 0.29) is 0 Å². The van der Waals surface area contributed by atoms with Crippen molar-refractivity contribution in [3.8, 4) is 5.75 Å². The summed E-state index contributed by atoms with van der Waals surface area (Å²) in [6.45, 7) is 4.52. The highest BCUT2D eigenvalue weighted by Gasteiger charge is 2.07. The average molecular weight is 278 g/mol. The van der Waals surface area contributed by atoms with Gasteiger partial charge in [-0.15, -0.1) is 0 Å². The van der Waals surface area contributed by atoms with Gasteiger partial charge in [0.05, 0.1) is 5.52 Å². The van der Waals surface area contributed by atoms with E-state index in [0.717, 1.165) is 33.3 Å². The molecule has 0 fully saturated rings. The Balaban J connectivity index is 1.90. The van der Waals surface area contributed by atoms with Crippen LogP contribution >= 0.6 is 0 Å². The van der Waals surface area contributed by atoms with Crippen molar-refractivity contribution < 1.29 is 4.74 Å². The molecule has 0 aliphatic carbocycles. The number of anilines is 1. The summed E-state index contributed by atoms with van der Waals surface area (Å²) in [6, 6.07) is 16.1. The molecule has 3 rings (SSSR count). The predicted octanol–water partition coefficient (Wildman–Crippen LogP) is 4.01. The third kappa shape index (κ3) is 2.68. The van der Waals surface area contributed by atoms with E-state index in [1.807, 2.05) is 62.4 Å². The smallest absolute Gasteiger partial charge is 0.130 e. The number of aryl methyl sites for hydroxylation is 2. The standard InChI is InChI=1S/C18H18N2O/c1-12-6-5-7-13(2)17(12)21-11-15-10-14-8-3-4-9-16(14)20-18(15)19/h3-10H,11H2,1-2H3,(H2,19,20). The molecule has 0 spiro atoms. The number of rotatable bonds is 3. The molecule has 0 unspecified atom stereocenters. The molecule has 0 radical (unpaired) electrons. The average Bonchev–Trinajstić information content (AvgIpc) is 2.47. The van der Waals surface area contributed by atoms with Crippen LogP contribution in [0.2, 0.25) is 0 Å². The summed E-state index contributed by atoms with van der Waals surface area (Å²) in [7, 11) is 0. The number of fused-ring (bicyclic) bond motifs is 1. The largest absolute Gasteiger partial charge is 0.488 e. The zero-order valence-corrected chi connectivity index (χ0v) is 12.3. The lowest BCUT2D eigenvalue weighted by Gasteiger charge is -2.13. The molecule has 0 aliphatic heterocycles. The minimum atomic E-state index is 0.426. The number of hydrogen-bond acceptors (Lipinski definition) is 3. The Morgan fingerprint density at radius 1 is 1.00 bits per heavy atom. The fraction of sp³-hybridized carbons (Fsp3) is 0.167. The molecule has 1 aromatic heterocycles. The number of para-hydroxylation sites is 2. The van der Waals surface area contributed by atoms with Crippen LogP contribution in [0.3, 0.4) is 0 Å². The summed E-state index contributed by atoms with van der Waals surface area (Å²) in [5, 5.41) is 1.08. The van der Waals surface area contributed by atoms with E-state index < -0.39 is 0 Å². The number of hydrogen-bond donors (Lipinski definition) is 1. The van der Waals surface area contributed by atoms with Crippen LogP contribution in [-0.2, 0) is 6.61 Å². The van der Waals surface area contributed by atoms with Crippen molar-refractivity contribution in [1.82, 2.24) is 4.98 Å². The minimum absolute atomic E-state index is 0.426. The number of nitrogen functional groups attached to an aromatic ring is 1. The molecule has 0 amide bonds. The molecular weight excluding hydrogens is 260 g/mol. The molecule has 0 saturated heterocycles. The third-order valence-corrected chi connectivity index (χ3v) is 3.62. The lowest BCUT2D eigenvalue weighted by Crippen LogP contribution is -2.04. The van der Waals surface area contributed by atoms with Gasteiger partial charge in [0.2, 0.25) is 0 Å². The van der Waals surface area contributed by atoms with Crippen molar-refractivity contribution in [2.45, 2.75) is 20.5 Å². The summed E-state index contributed by atoms with van der Waals surface area (Å²) in [4.78, 5) is 4.43. The first kappa shape index (κ1) is 13.4. The van der Waals surface area contributed by atoms with Crippen molar-refractivity contribution >= 4 is 16.7 Å².